The standard InChI is InChI=1S/C13H26N2/c1-2-11-7-8-15(9-11)10-12-3-5-13(14)6-4-12/h11-13H,2-10,14H2,1H3. The van der Waals surface area contributed by atoms with Gasteiger partial charge in [-0.25, -0.2) is 0 Å². The molecule has 1 atom stereocenters. The highest BCUT2D eigenvalue weighted by Gasteiger charge is 2.25. The molecule has 0 amide bonds. The maximum absolute atomic E-state index is 5.94. The molecule has 0 bridgehead atoms. The highest BCUT2D eigenvalue weighted by atomic mass is 15.1. The number of likely N-dealkylation sites (tertiary alicyclic amines) is 1. The molecule has 2 rings (SSSR count). The van der Waals surface area contributed by atoms with E-state index in [2.05, 4.69) is 11.8 Å². The van der Waals surface area contributed by atoms with Gasteiger partial charge in [0.15, 0.2) is 0 Å². The third-order valence-electron chi connectivity index (χ3n) is 4.36. The van der Waals surface area contributed by atoms with Crippen LogP contribution in [0.1, 0.15) is 45.4 Å². The van der Waals surface area contributed by atoms with Crippen molar-refractivity contribution in [3.63, 3.8) is 0 Å². The van der Waals surface area contributed by atoms with Gasteiger partial charge < -0.3 is 10.6 Å². The summed E-state index contributed by atoms with van der Waals surface area (Å²) in [4.78, 5) is 2.69. The van der Waals surface area contributed by atoms with Crippen molar-refractivity contribution in [2.24, 2.45) is 17.6 Å². The number of hydrogen-bond donors (Lipinski definition) is 1. The average Bonchev–Trinajstić information content (AvgIpc) is 2.69. The molecule has 2 fully saturated rings. The van der Waals surface area contributed by atoms with Crippen LogP contribution in [0.3, 0.4) is 0 Å². The van der Waals surface area contributed by atoms with Crippen LogP contribution in [0.15, 0.2) is 0 Å². The lowest BCUT2D eigenvalue weighted by atomic mass is 9.86. The molecule has 88 valence electrons. The third-order valence-corrected chi connectivity index (χ3v) is 4.36. The molecule has 1 saturated heterocycles. The van der Waals surface area contributed by atoms with E-state index in [4.69, 9.17) is 5.73 Å². The van der Waals surface area contributed by atoms with Gasteiger partial charge in [0.1, 0.15) is 0 Å². The minimum atomic E-state index is 0.503. The maximum Gasteiger partial charge on any atom is 0.00390 e. The molecular formula is C13H26N2. The van der Waals surface area contributed by atoms with Gasteiger partial charge in [0.05, 0.1) is 0 Å². The Balaban J connectivity index is 1.69. The second-order valence-corrected chi connectivity index (χ2v) is 5.60. The number of nitrogens with zero attached hydrogens (tertiary/aromatic N) is 1. The summed E-state index contributed by atoms with van der Waals surface area (Å²) in [5.74, 6) is 1.93. The van der Waals surface area contributed by atoms with E-state index in [1.54, 1.807) is 0 Å². The summed E-state index contributed by atoms with van der Waals surface area (Å²) in [6, 6.07) is 0.503. The molecule has 2 nitrogen and oxygen atoms in total. The Morgan fingerprint density at radius 3 is 2.40 bits per heavy atom. The molecule has 1 saturated carbocycles. The summed E-state index contributed by atoms with van der Waals surface area (Å²) in [7, 11) is 0. The first kappa shape index (κ1) is 11.4. The van der Waals surface area contributed by atoms with Gasteiger partial charge in [-0.05, 0) is 50.5 Å². The number of hydrogen-bond acceptors (Lipinski definition) is 2. The van der Waals surface area contributed by atoms with Gasteiger partial charge in [0.2, 0.25) is 0 Å². The first-order valence-corrected chi connectivity index (χ1v) is 6.76. The van der Waals surface area contributed by atoms with E-state index >= 15 is 0 Å². The van der Waals surface area contributed by atoms with Crippen LogP contribution >= 0.6 is 0 Å². The lowest BCUT2D eigenvalue weighted by molar-refractivity contribution is 0.219. The normalized spacial score (nSPS) is 38.4. The summed E-state index contributed by atoms with van der Waals surface area (Å²) in [6.07, 6.45) is 8.06. The highest BCUT2D eigenvalue weighted by molar-refractivity contribution is 4.80. The molecule has 0 aromatic heterocycles. The van der Waals surface area contributed by atoms with Gasteiger partial charge >= 0.3 is 0 Å². The number of rotatable bonds is 3. The molecular weight excluding hydrogens is 184 g/mol. The predicted molar refractivity (Wildman–Crippen MR) is 64.8 cm³/mol. The molecule has 2 N–H and O–H groups in total. The summed E-state index contributed by atoms with van der Waals surface area (Å²) in [5.41, 5.74) is 5.94. The molecule has 0 spiro atoms. The predicted octanol–water partition coefficient (Wildman–Crippen LogP) is 2.24. The van der Waals surface area contributed by atoms with Crippen molar-refractivity contribution in [1.82, 2.24) is 4.90 Å². The average molecular weight is 210 g/mol. The molecule has 2 aliphatic rings. The van der Waals surface area contributed by atoms with Gasteiger partial charge in [-0.1, -0.05) is 13.3 Å². The highest BCUT2D eigenvalue weighted by Crippen LogP contribution is 2.27. The maximum atomic E-state index is 5.94. The summed E-state index contributed by atoms with van der Waals surface area (Å²) < 4.78 is 0. The van der Waals surface area contributed by atoms with Crippen LogP contribution in [0, 0.1) is 11.8 Å². The van der Waals surface area contributed by atoms with Gasteiger partial charge in [0.25, 0.3) is 0 Å². The fraction of sp³-hybridized carbons (Fsp3) is 1.00. The van der Waals surface area contributed by atoms with E-state index in [0.717, 1.165) is 11.8 Å². The molecule has 1 aliphatic carbocycles. The summed E-state index contributed by atoms with van der Waals surface area (Å²) in [6.45, 7) is 6.39. The first-order valence-electron chi connectivity index (χ1n) is 6.76. The zero-order chi connectivity index (χ0) is 10.7. The molecule has 1 aliphatic heterocycles. The van der Waals surface area contributed by atoms with Crippen LogP contribution in [-0.2, 0) is 0 Å². The minimum absolute atomic E-state index is 0.503. The van der Waals surface area contributed by atoms with Crippen molar-refractivity contribution < 1.29 is 0 Å². The molecule has 2 heteroatoms. The molecule has 0 aromatic rings. The Labute approximate surface area is 94.2 Å². The Morgan fingerprint density at radius 2 is 1.80 bits per heavy atom. The molecule has 1 heterocycles. The van der Waals surface area contributed by atoms with E-state index in [0.29, 0.717) is 6.04 Å². The monoisotopic (exact) mass is 210 g/mol. The summed E-state index contributed by atoms with van der Waals surface area (Å²) in [5, 5.41) is 0. The lowest BCUT2D eigenvalue weighted by Crippen LogP contribution is -2.33. The largest absolute Gasteiger partial charge is 0.328 e. The smallest absolute Gasteiger partial charge is 0.00390 e. The van der Waals surface area contributed by atoms with Gasteiger partial charge in [-0.2, -0.15) is 0 Å². The molecule has 0 radical (unpaired) electrons. The van der Waals surface area contributed by atoms with E-state index in [1.165, 1.54) is 58.2 Å². The van der Waals surface area contributed by atoms with Crippen molar-refractivity contribution >= 4 is 0 Å². The molecule has 0 aromatic carbocycles. The van der Waals surface area contributed by atoms with Crippen molar-refractivity contribution in [3.05, 3.63) is 0 Å². The second kappa shape index (κ2) is 5.31. The van der Waals surface area contributed by atoms with Crippen LogP contribution < -0.4 is 5.73 Å². The Morgan fingerprint density at radius 1 is 1.07 bits per heavy atom. The van der Waals surface area contributed by atoms with Crippen molar-refractivity contribution in [2.45, 2.75) is 51.5 Å². The second-order valence-electron chi connectivity index (χ2n) is 5.60. The van der Waals surface area contributed by atoms with E-state index in [9.17, 15) is 0 Å². The van der Waals surface area contributed by atoms with Crippen LogP contribution in [0.4, 0.5) is 0 Å². The zero-order valence-corrected chi connectivity index (χ0v) is 10.1. The van der Waals surface area contributed by atoms with Crippen molar-refractivity contribution in [1.29, 1.82) is 0 Å². The van der Waals surface area contributed by atoms with Gasteiger partial charge in [0, 0.05) is 19.1 Å². The van der Waals surface area contributed by atoms with Crippen LogP contribution in [0.5, 0.6) is 0 Å². The van der Waals surface area contributed by atoms with Crippen molar-refractivity contribution in [3.8, 4) is 0 Å². The Bertz CT molecular complexity index is 185. The number of nitrogens with two attached hydrogens (primary N) is 1. The van der Waals surface area contributed by atoms with Crippen LogP contribution in [-0.4, -0.2) is 30.6 Å². The van der Waals surface area contributed by atoms with Crippen molar-refractivity contribution in [2.75, 3.05) is 19.6 Å². The lowest BCUT2D eigenvalue weighted by Gasteiger charge is -2.29. The topological polar surface area (TPSA) is 29.3 Å². The Hall–Kier alpha value is -0.0800. The van der Waals surface area contributed by atoms with Gasteiger partial charge in [-0.15, -0.1) is 0 Å². The first-order chi connectivity index (χ1) is 7.28. The van der Waals surface area contributed by atoms with E-state index < -0.39 is 0 Å². The van der Waals surface area contributed by atoms with Crippen LogP contribution in [0.25, 0.3) is 0 Å². The summed E-state index contributed by atoms with van der Waals surface area (Å²) >= 11 is 0. The fourth-order valence-corrected chi connectivity index (χ4v) is 3.15. The van der Waals surface area contributed by atoms with Gasteiger partial charge in [-0.3, -0.25) is 0 Å². The van der Waals surface area contributed by atoms with E-state index in [-0.39, 0.29) is 0 Å². The fourth-order valence-electron chi connectivity index (χ4n) is 3.15. The SMILES string of the molecule is CCC1CCN(CC2CCC(N)CC2)C1. The Kier molecular flexibility index (Phi) is 4.04. The zero-order valence-electron chi connectivity index (χ0n) is 10.1. The minimum Gasteiger partial charge on any atom is -0.328 e. The molecule has 1 unspecified atom stereocenters. The third kappa shape index (κ3) is 3.18. The van der Waals surface area contributed by atoms with E-state index in [1.807, 2.05) is 0 Å². The molecule has 15 heavy (non-hydrogen) atoms. The van der Waals surface area contributed by atoms with Crippen LogP contribution in [0.2, 0.25) is 0 Å². The quantitative estimate of drug-likeness (QED) is 0.774.